The Hall–Kier alpha value is -2.62. The van der Waals surface area contributed by atoms with Crippen LogP contribution in [0.4, 0.5) is 0 Å². The monoisotopic (exact) mass is 368 g/mol. The second kappa shape index (κ2) is 11.2. The van der Waals surface area contributed by atoms with Crippen molar-refractivity contribution in [3.63, 3.8) is 0 Å². The Kier molecular flexibility index (Phi) is 8.56. The molecule has 4 nitrogen and oxygen atoms in total. The van der Waals surface area contributed by atoms with E-state index in [0.717, 1.165) is 12.2 Å². The second-order valence-electron chi connectivity index (χ2n) is 6.48. The predicted octanol–water partition coefficient (Wildman–Crippen LogP) is 5.85. The molecule has 0 heterocycles. The van der Waals surface area contributed by atoms with Crippen LogP contribution in [-0.4, -0.2) is 18.4 Å². The van der Waals surface area contributed by atoms with Crippen molar-refractivity contribution in [1.82, 2.24) is 0 Å². The Labute approximate surface area is 161 Å². The summed E-state index contributed by atoms with van der Waals surface area (Å²) in [6.07, 6.45) is 6.43. The zero-order valence-electron chi connectivity index (χ0n) is 16.2. The Morgan fingerprint density at radius 1 is 0.741 bits per heavy atom. The third-order valence-corrected chi connectivity index (χ3v) is 4.31. The number of benzene rings is 2. The van der Waals surface area contributed by atoms with Crippen molar-refractivity contribution in [2.75, 3.05) is 6.61 Å². The van der Waals surface area contributed by atoms with Crippen molar-refractivity contribution in [3.05, 3.63) is 59.7 Å². The lowest BCUT2D eigenvalue weighted by Crippen LogP contribution is -2.08. The van der Waals surface area contributed by atoms with Crippen molar-refractivity contribution in [2.45, 2.75) is 52.4 Å². The Morgan fingerprint density at radius 3 is 1.96 bits per heavy atom. The van der Waals surface area contributed by atoms with Crippen LogP contribution in [0.5, 0.6) is 11.5 Å². The smallest absolute Gasteiger partial charge is 0.343 e. The van der Waals surface area contributed by atoms with E-state index in [4.69, 9.17) is 9.47 Å². The SMILES string of the molecule is CCCCCCCOc1ccc(C(=O)Oc2ccc(C(=O)CC)cc2)cc1. The van der Waals surface area contributed by atoms with Crippen molar-refractivity contribution in [1.29, 1.82) is 0 Å². The summed E-state index contributed by atoms with van der Waals surface area (Å²) < 4.78 is 11.1. The van der Waals surface area contributed by atoms with Crippen LogP contribution in [0.25, 0.3) is 0 Å². The van der Waals surface area contributed by atoms with Gasteiger partial charge < -0.3 is 9.47 Å². The summed E-state index contributed by atoms with van der Waals surface area (Å²) in [5.74, 6) is 0.800. The molecule has 144 valence electrons. The fourth-order valence-corrected chi connectivity index (χ4v) is 2.66. The highest BCUT2D eigenvalue weighted by molar-refractivity contribution is 5.96. The maximum Gasteiger partial charge on any atom is 0.343 e. The van der Waals surface area contributed by atoms with Crippen LogP contribution in [0.3, 0.4) is 0 Å². The van der Waals surface area contributed by atoms with Gasteiger partial charge >= 0.3 is 5.97 Å². The first-order chi connectivity index (χ1) is 13.1. The van der Waals surface area contributed by atoms with Crippen molar-refractivity contribution < 1.29 is 19.1 Å². The number of rotatable bonds is 11. The number of esters is 1. The standard InChI is InChI=1S/C23H28O4/c1-3-5-6-7-8-17-26-20-13-11-19(12-14-20)23(25)27-21-15-9-18(10-16-21)22(24)4-2/h9-16H,3-8,17H2,1-2H3. The topological polar surface area (TPSA) is 52.6 Å². The van der Waals surface area contributed by atoms with E-state index < -0.39 is 5.97 Å². The van der Waals surface area contributed by atoms with E-state index >= 15 is 0 Å². The van der Waals surface area contributed by atoms with Crippen molar-refractivity contribution in [3.8, 4) is 11.5 Å². The molecule has 0 atom stereocenters. The van der Waals surface area contributed by atoms with E-state index in [1.165, 1.54) is 25.7 Å². The first kappa shape index (κ1) is 20.7. The summed E-state index contributed by atoms with van der Waals surface area (Å²) >= 11 is 0. The molecule has 0 radical (unpaired) electrons. The minimum Gasteiger partial charge on any atom is -0.494 e. The molecular formula is C23H28O4. The lowest BCUT2D eigenvalue weighted by molar-refractivity contribution is 0.0734. The molecule has 2 rings (SSSR count). The van der Waals surface area contributed by atoms with Crippen LogP contribution in [0.2, 0.25) is 0 Å². The Bertz CT molecular complexity index is 717. The summed E-state index contributed by atoms with van der Waals surface area (Å²) in [5, 5.41) is 0. The number of ether oxygens (including phenoxy) is 2. The van der Waals surface area contributed by atoms with Gasteiger partial charge in [-0.1, -0.05) is 39.5 Å². The Balaban J connectivity index is 1.82. The maximum absolute atomic E-state index is 12.2. The molecule has 0 aliphatic rings. The van der Waals surface area contributed by atoms with E-state index in [9.17, 15) is 9.59 Å². The summed E-state index contributed by atoms with van der Waals surface area (Å²) in [7, 11) is 0. The minimum atomic E-state index is -0.435. The summed E-state index contributed by atoms with van der Waals surface area (Å²) in [4.78, 5) is 23.9. The van der Waals surface area contributed by atoms with Crippen LogP contribution in [0.15, 0.2) is 48.5 Å². The predicted molar refractivity (Wildman–Crippen MR) is 107 cm³/mol. The normalized spacial score (nSPS) is 10.4. The van der Waals surface area contributed by atoms with Gasteiger partial charge in [-0.3, -0.25) is 4.79 Å². The quantitative estimate of drug-likeness (QED) is 0.216. The van der Waals surface area contributed by atoms with Crippen molar-refractivity contribution in [2.24, 2.45) is 0 Å². The summed E-state index contributed by atoms with van der Waals surface area (Å²) in [5.41, 5.74) is 1.08. The molecule has 0 saturated heterocycles. The van der Waals surface area contributed by atoms with Gasteiger partial charge in [-0.25, -0.2) is 4.79 Å². The van der Waals surface area contributed by atoms with E-state index in [1.807, 2.05) is 6.92 Å². The molecule has 0 aromatic heterocycles. The molecule has 0 bridgehead atoms. The van der Waals surface area contributed by atoms with Crippen LogP contribution in [-0.2, 0) is 0 Å². The lowest BCUT2D eigenvalue weighted by Gasteiger charge is -2.08. The molecule has 2 aromatic carbocycles. The number of unbranched alkanes of at least 4 members (excludes halogenated alkanes) is 4. The van der Waals surface area contributed by atoms with Gasteiger partial charge in [-0.2, -0.15) is 0 Å². The number of hydrogen-bond acceptors (Lipinski definition) is 4. The van der Waals surface area contributed by atoms with Crippen LogP contribution < -0.4 is 9.47 Å². The van der Waals surface area contributed by atoms with E-state index in [0.29, 0.717) is 29.9 Å². The molecule has 0 spiro atoms. The molecule has 0 aliphatic carbocycles. The molecule has 0 unspecified atom stereocenters. The summed E-state index contributed by atoms with van der Waals surface area (Å²) in [6, 6.07) is 13.6. The largest absolute Gasteiger partial charge is 0.494 e. The molecule has 0 saturated carbocycles. The molecule has 4 heteroatoms. The highest BCUT2D eigenvalue weighted by Crippen LogP contribution is 2.17. The molecular weight excluding hydrogens is 340 g/mol. The molecule has 0 aliphatic heterocycles. The number of Topliss-reactive ketones (excluding diaryl/α,β-unsaturated/α-hetero) is 1. The van der Waals surface area contributed by atoms with Crippen molar-refractivity contribution >= 4 is 11.8 Å². The van der Waals surface area contributed by atoms with Gasteiger partial charge in [0.15, 0.2) is 5.78 Å². The highest BCUT2D eigenvalue weighted by atomic mass is 16.5. The fraction of sp³-hybridized carbons (Fsp3) is 0.391. The average molecular weight is 368 g/mol. The number of ketones is 1. The number of carbonyl (C=O) groups is 2. The van der Waals surface area contributed by atoms with Crippen LogP contribution in [0.1, 0.15) is 73.1 Å². The van der Waals surface area contributed by atoms with E-state index in [1.54, 1.807) is 48.5 Å². The molecule has 27 heavy (non-hydrogen) atoms. The van der Waals surface area contributed by atoms with Gasteiger partial charge in [0.05, 0.1) is 12.2 Å². The van der Waals surface area contributed by atoms with Gasteiger partial charge in [0.2, 0.25) is 0 Å². The van der Waals surface area contributed by atoms with Gasteiger partial charge in [-0.15, -0.1) is 0 Å². The average Bonchev–Trinajstić information content (AvgIpc) is 2.71. The van der Waals surface area contributed by atoms with Gasteiger partial charge in [0.25, 0.3) is 0 Å². The maximum atomic E-state index is 12.2. The summed E-state index contributed by atoms with van der Waals surface area (Å²) in [6.45, 7) is 4.71. The highest BCUT2D eigenvalue weighted by Gasteiger charge is 2.10. The number of hydrogen-bond donors (Lipinski definition) is 0. The molecule has 0 N–H and O–H groups in total. The fourth-order valence-electron chi connectivity index (χ4n) is 2.66. The zero-order valence-corrected chi connectivity index (χ0v) is 16.2. The Morgan fingerprint density at radius 2 is 1.33 bits per heavy atom. The van der Waals surface area contributed by atoms with Gasteiger partial charge in [0, 0.05) is 12.0 Å². The molecule has 0 fully saturated rings. The zero-order chi connectivity index (χ0) is 19.5. The third kappa shape index (κ3) is 6.89. The van der Waals surface area contributed by atoms with E-state index in [-0.39, 0.29) is 5.78 Å². The van der Waals surface area contributed by atoms with E-state index in [2.05, 4.69) is 6.92 Å². The minimum absolute atomic E-state index is 0.0637. The number of carbonyl (C=O) groups excluding carboxylic acids is 2. The van der Waals surface area contributed by atoms with Crippen LogP contribution >= 0.6 is 0 Å². The molecule has 0 amide bonds. The third-order valence-electron chi connectivity index (χ3n) is 4.31. The van der Waals surface area contributed by atoms with Gasteiger partial charge in [-0.05, 0) is 55.0 Å². The van der Waals surface area contributed by atoms with Gasteiger partial charge in [0.1, 0.15) is 11.5 Å². The second-order valence-corrected chi connectivity index (χ2v) is 6.48. The first-order valence-corrected chi connectivity index (χ1v) is 9.72. The molecule has 2 aromatic rings. The van der Waals surface area contributed by atoms with Crippen LogP contribution in [0, 0.1) is 0 Å². The lowest BCUT2D eigenvalue weighted by atomic mass is 10.1. The first-order valence-electron chi connectivity index (χ1n) is 9.72.